The fourth-order valence-electron chi connectivity index (χ4n) is 2.68. The molecular formula is C13H13N3S2. The Balaban J connectivity index is 1.92. The largest absolute Gasteiger partial charge is 0.294 e. The first kappa shape index (κ1) is 10.7. The lowest BCUT2D eigenvalue weighted by atomic mass is 10.3. The van der Waals surface area contributed by atoms with Crippen molar-refractivity contribution in [3.8, 4) is 11.4 Å². The van der Waals surface area contributed by atoms with E-state index in [-0.39, 0.29) is 0 Å². The molecule has 1 aliphatic rings. The first-order valence-electron chi connectivity index (χ1n) is 6.16. The van der Waals surface area contributed by atoms with Crippen LogP contribution in [-0.4, -0.2) is 14.4 Å². The van der Waals surface area contributed by atoms with Crippen LogP contribution in [0.3, 0.4) is 0 Å². The summed E-state index contributed by atoms with van der Waals surface area (Å²) >= 11 is 3.59. The van der Waals surface area contributed by atoms with Gasteiger partial charge in [0.2, 0.25) is 0 Å². The molecule has 0 radical (unpaired) electrons. The molecule has 0 bridgehead atoms. The van der Waals surface area contributed by atoms with Gasteiger partial charge in [0, 0.05) is 21.6 Å². The highest BCUT2D eigenvalue weighted by molar-refractivity contribution is 7.17. The quantitative estimate of drug-likeness (QED) is 0.679. The van der Waals surface area contributed by atoms with Crippen LogP contribution in [0, 0.1) is 13.8 Å². The number of thiazole rings is 2. The van der Waals surface area contributed by atoms with Gasteiger partial charge in [0.25, 0.3) is 0 Å². The first-order chi connectivity index (χ1) is 8.72. The Kier molecular flexibility index (Phi) is 2.17. The van der Waals surface area contributed by atoms with Crippen molar-refractivity contribution in [1.82, 2.24) is 14.4 Å². The number of aryl methyl sites for hydroxylation is 4. The van der Waals surface area contributed by atoms with Crippen molar-refractivity contribution in [3.05, 3.63) is 26.7 Å². The van der Waals surface area contributed by atoms with Crippen LogP contribution >= 0.6 is 22.7 Å². The van der Waals surface area contributed by atoms with Crippen LogP contribution in [0.15, 0.2) is 6.20 Å². The molecule has 0 fully saturated rings. The third-order valence-corrected chi connectivity index (χ3v) is 5.51. The number of aromatic nitrogens is 3. The maximum atomic E-state index is 4.75. The summed E-state index contributed by atoms with van der Waals surface area (Å²) in [7, 11) is 0. The molecule has 0 atom stereocenters. The molecule has 3 aromatic heterocycles. The molecule has 18 heavy (non-hydrogen) atoms. The lowest BCUT2D eigenvalue weighted by molar-refractivity contribution is 0.888. The third kappa shape index (κ3) is 1.40. The minimum Gasteiger partial charge on any atom is -0.294 e. The summed E-state index contributed by atoms with van der Waals surface area (Å²) < 4.78 is 2.27. The maximum absolute atomic E-state index is 4.75. The molecule has 3 heterocycles. The Morgan fingerprint density at radius 1 is 1.17 bits per heavy atom. The molecule has 0 aromatic carbocycles. The normalized spacial score (nSPS) is 14.6. The van der Waals surface area contributed by atoms with Gasteiger partial charge in [-0.25, -0.2) is 9.97 Å². The van der Waals surface area contributed by atoms with E-state index in [0.717, 1.165) is 21.4 Å². The summed E-state index contributed by atoms with van der Waals surface area (Å²) in [4.78, 5) is 13.2. The number of hydrogen-bond acceptors (Lipinski definition) is 4. The van der Waals surface area contributed by atoms with Gasteiger partial charge in [0.1, 0.15) is 11.4 Å². The van der Waals surface area contributed by atoms with Crippen LogP contribution in [0.25, 0.3) is 16.3 Å². The number of nitrogens with zero attached hydrogens (tertiary/aromatic N) is 3. The fraction of sp³-hybridized carbons (Fsp3) is 0.385. The number of rotatable bonds is 1. The van der Waals surface area contributed by atoms with E-state index in [0.29, 0.717) is 0 Å². The summed E-state index contributed by atoms with van der Waals surface area (Å²) in [6.45, 7) is 4.18. The van der Waals surface area contributed by atoms with E-state index >= 15 is 0 Å². The topological polar surface area (TPSA) is 30.2 Å². The summed E-state index contributed by atoms with van der Waals surface area (Å²) in [6, 6.07) is 0. The van der Waals surface area contributed by atoms with E-state index in [9.17, 15) is 0 Å². The Hall–Kier alpha value is -1.20. The van der Waals surface area contributed by atoms with Gasteiger partial charge >= 0.3 is 0 Å². The monoisotopic (exact) mass is 275 g/mol. The van der Waals surface area contributed by atoms with Gasteiger partial charge in [-0.15, -0.1) is 22.7 Å². The van der Waals surface area contributed by atoms with Crippen LogP contribution in [0.1, 0.15) is 26.9 Å². The molecule has 0 unspecified atom stereocenters. The van der Waals surface area contributed by atoms with Crippen LogP contribution in [-0.2, 0) is 12.8 Å². The highest BCUT2D eigenvalue weighted by atomic mass is 32.1. The smallest absolute Gasteiger partial charge is 0.194 e. The van der Waals surface area contributed by atoms with Crippen molar-refractivity contribution in [3.63, 3.8) is 0 Å². The van der Waals surface area contributed by atoms with Crippen LogP contribution in [0.2, 0.25) is 0 Å². The minimum atomic E-state index is 1.03. The van der Waals surface area contributed by atoms with E-state index in [1.54, 1.807) is 11.3 Å². The average Bonchev–Trinajstić information content (AvgIpc) is 2.98. The summed E-state index contributed by atoms with van der Waals surface area (Å²) in [5.74, 6) is 0. The molecule has 0 spiro atoms. The highest BCUT2D eigenvalue weighted by Crippen LogP contribution is 2.34. The van der Waals surface area contributed by atoms with Crippen molar-refractivity contribution in [1.29, 1.82) is 0 Å². The Morgan fingerprint density at radius 3 is 2.83 bits per heavy atom. The second-order valence-corrected chi connectivity index (χ2v) is 7.21. The van der Waals surface area contributed by atoms with E-state index < -0.39 is 0 Å². The van der Waals surface area contributed by atoms with Crippen LogP contribution in [0.4, 0.5) is 0 Å². The highest BCUT2D eigenvalue weighted by Gasteiger charge is 2.20. The molecule has 0 saturated carbocycles. The molecule has 1 aliphatic carbocycles. The van der Waals surface area contributed by atoms with Crippen molar-refractivity contribution < 1.29 is 0 Å². The zero-order valence-corrected chi connectivity index (χ0v) is 12.0. The van der Waals surface area contributed by atoms with Gasteiger partial charge in [0.15, 0.2) is 4.96 Å². The van der Waals surface area contributed by atoms with Crippen molar-refractivity contribution in [2.45, 2.75) is 33.1 Å². The summed E-state index contributed by atoms with van der Waals surface area (Å²) in [5, 5.41) is 1.11. The van der Waals surface area contributed by atoms with E-state index in [1.807, 2.05) is 11.3 Å². The molecule has 5 heteroatoms. The number of hydrogen-bond donors (Lipinski definition) is 0. The van der Waals surface area contributed by atoms with Crippen LogP contribution in [0.5, 0.6) is 0 Å². The average molecular weight is 275 g/mol. The summed E-state index contributed by atoms with van der Waals surface area (Å²) in [6.07, 6.45) is 5.88. The molecule has 0 saturated heterocycles. The Morgan fingerprint density at radius 2 is 2.06 bits per heavy atom. The first-order valence-corrected chi connectivity index (χ1v) is 7.80. The van der Waals surface area contributed by atoms with E-state index in [2.05, 4.69) is 29.4 Å². The lowest BCUT2D eigenvalue weighted by Gasteiger charge is -1.92. The third-order valence-electron chi connectivity index (χ3n) is 3.46. The summed E-state index contributed by atoms with van der Waals surface area (Å²) in [5.41, 5.74) is 3.55. The lowest BCUT2D eigenvalue weighted by Crippen LogP contribution is -1.85. The molecule has 4 rings (SSSR count). The van der Waals surface area contributed by atoms with Crippen molar-refractivity contribution >= 4 is 27.6 Å². The standard InChI is InChI=1S/C13H13N3S2/c1-7-12(14-8(2)17-7)9-6-16-10-4-3-5-11(10)18-13(16)15-9/h6H,3-5H2,1-2H3. The molecule has 0 amide bonds. The zero-order valence-electron chi connectivity index (χ0n) is 10.4. The van der Waals surface area contributed by atoms with E-state index in [4.69, 9.17) is 4.98 Å². The van der Waals surface area contributed by atoms with Crippen molar-refractivity contribution in [2.75, 3.05) is 0 Å². The predicted octanol–water partition coefficient (Wildman–Crippen LogP) is 3.62. The Bertz CT molecular complexity index is 748. The Labute approximate surface area is 113 Å². The zero-order chi connectivity index (χ0) is 12.3. The van der Waals surface area contributed by atoms with Gasteiger partial charge in [-0.3, -0.25) is 4.40 Å². The second-order valence-electron chi connectivity index (χ2n) is 4.74. The molecule has 92 valence electrons. The number of imidazole rings is 1. The second kappa shape index (κ2) is 3.65. The van der Waals surface area contributed by atoms with Crippen molar-refractivity contribution in [2.24, 2.45) is 0 Å². The van der Waals surface area contributed by atoms with Gasteiger partial charge in [-0.2, -0.15) is 0 Å². The molecule has 0 N–H and O–H groups in total. The molecular weight excluding hydrogens is 262 g/mol. The number of fused-ring (bicyclic) bond motifs is 3. The van der Waals surface area contributed by atoms with E-state index in [1.165, 1.54) is 34.7 Å². The predicted molar refractivity (Wildman–Crippen MR) is 75.7 cm³/mol. The fourth-order valence-corrected chi connectivity index (χ4v) is 4.70. The molecule has 3 aromatic rings. The maximum Gasteiger partial charge on any atom is 0.194 e. The van der Waals surface area contributed by atoms with Gasteiger partial charge in [0.05, 0.1) is 5.01 Å². The van der Waals surface area contributed by atoms with Crippen LogP contribution < -0.4 is 0 Å². The van der Waals surface area contributed by atoms with Gasteiger partial charge in [-0.1, -0.05) is 0 Å². The van der Waals surface area contributed by atoms with Gasteiger partial charge in [-0.05, 0) is 33.1 Å². The van der Waals surface area contributed by atoms with Gasteiger partial charge < -0.3 is 0 Å². The molecule has 0 aliphatic heterocycles. The SMILES string of the molecule is Cc1nc(-c2cn3c4c(sc3n2)CCC4)c(C)s1. The molecule has 3 nitrogen and oxygen atoms in total. The minimum absolute atomic E-state index is 1.03.